The Bertz CT molecular complexity index is 88.1. The molecule has 1 saturated heterocycles. The smallest absolute Gasteiger partial charge is 0.356 e. The molecule has 1 aliphatic heterocycles. The lowest BCUT2D eigenvalue weighted by Crippen LogP contribution is -1.72. The van der Waals surface area contributed by atoms with E-state index in [-0.39, 0.29) is 5.97 Å². The van der Waals surface area contributed by atoms with E-state index in [0.717, 1.165) is 12.8 Å². The number of carbonyl (C=O) groups excluding carboxylic acids is 1. The van der Waals surface area contributed by atoms with Gasteiger partial charge in [-0.05, 0) is 0 Å². The van der Waals surface area contributed by atoms with Crippen LogP contribution >= 0.6 is 0 Å². The Kier molecular flexibility index (Phi) is 1.01. The van der Waals surface area contributed by atoms with Crippen LogP contribution in [0, 0.1) is 6.10 Å². The zero-order valence-electron chi connectivity index (χ0n) is 4.23. The van der Waals surface area contributed by atoms with Crippen LogP contribution in [0.15, 0.2) is 0 Å². The molecular formula is C5H7O2. The van der Waals surface area contributed by atoms with E-state index in [1.165, 1.54) is 0 Å². The number of cyclic esters (lactones) is 1. The fourth-order valence-corrected chi connectivity index (χ4v) is 0.467. The maximum atomic E-state index is 10.0. The van der Waals surface area contributed by atoms with Crippen molar-refractivity contribution in [3.05, 3.63) is 6.10 Å². The van der Waals surface area contributed by atoms with Gasteiger partial charge in [-0.2, -0.15) is 0 Å². The second kappa shape index (κ2) is 1.52. The molecule has 2 nitrogen and oxygen atoms in total. The highest BCUT2D eigenvalue weighted by atomic mass is 16.6. The Morgan fingerprint density at radius 3 is 2.43 bits per heavy atom. The Balaban J connectivity index is 2.09. The molecule has 0 aliphatic carbocycles. The first-order chi connectivity index (χ1) is 3.34. The fourth-order valence-electron chi connectivity index (χ4n) is 0.467. The van der Waals surface area contributed by atoms with E-state index < -0.39 is 0 Å². The molecule has 0 saturated carbocycles. The minimum absolute atomic E-state index is 0.109. The van der Waals surface area contributed by atoms with Gasteiger partial charge in [-0.25, -0.2) is 4.79 Å². The van der Waals surface area contributed by atoms with Crippen LogP contribution in [0.2, 0.25) is 0 Å². The maximum Gasteiger partial charge on any atom is 0.356 e. The van der Waals surface area contributed by atoms with Crippen LogP contribution in [0.1, 0.15) is 19.8 Å². The third kappa shape index (κ3) is 0.918. The fraction of sp³-hybridized carbons (Fsp3) is 0.600. The van der Waals surface area contributed by atoms with Crippen LogP contribution < -0.4 is 0 Å². The number of hydrogen-bond donors (Lipinski definition) is 0. The van der Waals surface area contributed by atoms with E-state index in [1.807, 2.05) is 6.92 Å². The first-order valence-corrected chi connectivity index (χ1v) is 2.42. The second-order valence-electron chi connectivity index (χ2n) is 1.56. The van der Waals surface area contributed by atoms with Crippen molar-refractivity contribution in [2.75, 3.05) is 0 Å². The summed E-state index contributed by atoms with van der Waals surface area (Å²) >= 11 is 0. The van der Waals surface area contributed by atoms with E-state index in [0.29, 0.717) is 6.10 Å². The number of hydrogen-bond acceptors (Lipinski definition) is 2. The molecule has 1 rings (SSSR count). The van der Waals surface area contributed by atoms with Crippen LogP contribution in [0.4, 0.5) is 0 Å². The molecular weight excluding hydrogens is 92.1 g/mol. The van der Waals surface area contributed by atoms with Gasteiger partial charge in [0.2, 0.25) is 0 Å². The summed E-state index contributed by atoms with van der Waals surface area (Å²) in [4.78, 5) is 10.0. The summed E-state index contributed by atoms with van der Waals surface area (Å²) < 4.78 is 4.44. The molecule has 2 heteroatoms. The van der Waals surface area contributed by atoms with Crippen LogP contribution in [0.5, 0.6) is 0 Å². The number of carbonyl (C=O) groups is 1. The normalized spacial score (nSPS) is 19.3. The lowest BCUT2D eigenvalue weighted by atomic mass is 10.3. The highest BCUT2D eigenvalue weighted by Crippen LogP contribution is 2.26. The van der Waals surface area contributed by atoms with E-state index >= 15 is 0 Å². The Morgan fingerprint density at radius 1 is 1.71 bits per heavy atom. The van der Waals surface area contributed by atoms with Crippen molar-refractivity contribution in [2.45, 2.75) is 19.8 Å². The summed E-state index contributed by atoms with van der Waals surface area (Å²) in [6.07, 6.45) is 2.47. The molecule has 1 fully saturated rings. The lowest BCUT2D eigenvalue weighted by molar-refractivity contribution is -0.117. The minimum Gasteiger partial charge on any atom is -0.439 e. The molecule has 0 bridgehead atoms. The van der Waals surface area contributed by atoms with Gasteiger partial charge in [0.1, 0.15) is 0 Å². The molecule has 0 amide bonds. The van der Waals surface area contributed by atoms with Crippen LogP contribution in [0.3, 0.4) is 0 Å². The molecule has 7 heavy (non-hydrogen) atoms. The van der Waals surface area contributed by atoms with E-state index in [9.17, 15) is 4.79 Å². The second-order valence-corrected chi connectivity index (χ2v) is 1.56. The summed E-state index contributed by atoms with van der Waals surface area (Å²) in [6.45, 7) is 2.02. The quantitative estimate of drug-likeness (QED) is 0.481. The van der Waals surface area contributed by atoms with Gasteiger partial charge < -0.3 is 4.74 Å². The molecule has 39 valence electrons. The highest BCUT2D eigenvalue weighted by Gasteiger charge is 2.38. The average Bonchev–Trinajstić information content (AvgIpc) is 2.22. The average molecular weight is 99.1 g/mol. The van der Waals surface area contributed by atoms with Crippen LogP contribution in [-0.4, -0.2) is 5.97 Å². The minimum atomic E-state index is -0.109. The van der Waals surface area contributed by atoms with Gasteiger partial charge in [0, 0.05) is 6.42 Å². The topological polar surface area (TPSA) is 29.6 Å². The molecule has 1 aliphatic rings. The SMILES string of the molecule is CCC[C]1OC1=O. The predicted octanol–water partition coefficient (Wildman–Crippen LogP) is 0.875. The van der Waals surface area contributed by atoms with Crippen molar-refractivity contribution in [1.29, 1.82) is 0 Å². The third-order valence-corrected chi connectivity index (χ3v) is 0.879. The Labute approximate surface area is 42.5 Å². The van der Waals surface area contributed by atoms with Crippen molar-refractivity contribution >= 4 is 5.97 Å². The van der Waals surface area contributed by atoms with Gasteiger partial charge in [-0.3, -0.25) is 0 Å². The molecule has 0 aromatic heterocycles. The van der Waals surface area contributed by atoms with Gasteiger partial charge >= 0.3 is 5.97 Å². The lowest BCUT2D eigenvalue weighted by Gasteiger charge is -1.75. The van der Waals surface area contributed by atoms with Crippen molar-refractivity contribution < 1.29 is 9.53 Å². The van der Waals surface area contributed by atoms with E-state index in [2.05, 4.69) is 4.74 Å². The first kappa shape index (κ1) is 4.62. The summed E-state index contributed by atoms with van der Waals surface area (Å²) in [5.41, 5.74) is 0. The standard InChI is InChI=1S/C5H7O2/c1-2-3-4-5(6)7-4/h2-3H2,1H3. The van der Waals surface area contributed by atoms with Crippen molar-refractivity contribution in [3.8, 4) is 0 Å². The van der Waals surface area contributed by atoms with Crippen molar-refractivity contribution in [3.63, 3.8) is 0 Å². The molecule has 0 atom stereocenters. The largest absolute Gasteiger partial charge is 0.439 e. The molecule has 0 N–H and O–H groups in total. The molecule has 0 unspecified atom stereocenters. The molecule has 1 radical (unpaired) electrons. The summed E-state index contributed by atoms with van der Waals surface area (Å²) in [5, 5.41) is 0. The number of ether oxygens (including phenoxy) is 1. The summed E-state index contributed by atoms with van der Waals surface area (Å²) in [7, 11) is 0. The molecule has 1 heterocycles. The van der Waals surface area contributed by atoms with Crippen LogP contribution in [-0.2, 0) is 9.53 Å². The first-order valence-electron chi connectivity index (χ1n) is 2.42. The highest BCUT2D eigenvalue weighted by molar-refractivity contribution is 5.96. The van der Waals surface area contributed by atoms with Gasteiger partial charge in [0.05, 0.1) is 0 Å². The Morgan fingerprint density at radius 2 is 2.29 bits per heavy atom. The summed E-state index contributed by atoms with van der Waals surface area (Å²) in [5.74, 6) is -0.109. The number of epoxide rings is 1. The molecule has 0 aromatic carbocycles. The Hall–Kier alpha value is -0.530. The zero-order valence-corrected chi connectivity index (χ0v) is 4.23. The van der Waals surface area contributed by atoms with Crippen LogP contribution in [0.25, 0.3) is 0 Å². The predicted molar refractivity (Wildman–Crippen MR) is 24.2 cm³/mol. The van der Waals surface area contributed by atoms with Gasteiger partial charge in [-0.1, -0.05) is 13.3 Å². The van der Waals surface area contributed by atoms with Gasteiger partial charge in [0.15, 0.2) is 0 Å². The molecule has 0 spiro atoms. The maximum absolute atomic E-state index is 10.0. The van der Waals surface area contributed by atoms with Gasteiger partial charge in [-0.15, -0.1) is 0 Å². The van der Waals surface area contributed by atoms with E-state index in [1.54, 1.807) is 0 Å². The molecule has 0 aromatic rings. The number of rotatable bonds is 2. The van der Waals surface area contributed by atoms with E-state index in [4.69, 9.17) is 0 Å². The monoisotopic (exact) mass is 99.0 g/mol. The third-order valence-electron chi connectivity index (χ3n) is 0.879. The van der Waals surface area contributed by atoms with Crippen molar-refractivity contribution in [2.24, 2.45) is 0 Å². The summed E-state index contributed by atoms with van der Waals surface area (Å²) in [6, 6.07) is 0. The van der Waals surface area contributed by atoms with Crippen molar-refractivity contribution in [1.82, 2.24) is 0 Å². The van der Waals surface area contributed by atoms with Gasteiger partial charge in [0.25, 0.3) is 6.10 Å². The zero-order chi connectivity index (χ0) is 5.28.